The van der Waals surface area contributed by atoms with Gasteiger partial charge in [0.2, 0.25) is 0 Å². The molecule has 0 bridgehead atoms. The molecule has 2 aromatic carbocycles. The van der Waals surface area contributed by atoms with Crippen LogP contribution in [0.25, 0.3) is 33.7 Å². The first-order chi connectivity index (χ1) is 15.7. The minimum Gasteiger partial charge on any atom is -0.305 e. The Morgan fingerprint density at radius 2 is 1.97 bits per heavy atom. The minimum absolute atomic E-state index is 0.266. The lowest BCUT2D eigenvalue weighted by Gasteiger charge is -2.18. The van der Waals surface area contributed by atoms with Gasteiger partial charge < -0.3 is 4.57 Å². The Labute approximate surface area is 185 Å². The molecule has 0 aliphatic heterocycles. The molecule has 3 aromatic heterocycles. The summed E-state index contributed by atoms with van der Waals surface area (Å²) in [5.41, 5.74) is 9.24. The highest BCUT2D eigenvalue weighted by Crippen LogP contribution is 2.40. The number of benzene rings is 2. The SMILES string of the molecule is CCc1nc2c(C)ccnc2n1C1CCc2cc(-c3ccccc3-c3nnn[nH]3)ccc21. The van der Waals surface area contributed by atoms with Gasteiger partial charge in [-0.3, -0.25) is 0 Å². The van der Waals surface area contributed by atoms with Crippen molar-refractivity contribution in [1.82, 2.24) is 35.2 Å². The van der Waals surface area contributed by atoms with Crippen LogP contribution in [0.4, 0.5) is 0 Å². The third kappa shape index (κ3) is 2.85. The molecule has 1 aliphatic carbocycles. The largest absolute Gasteiger partial charge is 0.305 e. The van der Waals surface area contributed by atoms with Crippen molar-refractivity contribution in [2.24, 2.45) is 0 Å². The number of aryl methyl sites for hydroxylation is 3. The average molecular weight is 422 g/mol. The van der Waals surface area contributed by atoms with Gasteiger partial charge in [0.05, 0.1) is 6.04 Å². The molecule has 0 amide bonds. The van der Waals surface area contributed by atoms with E-state index in [1.807, 2.05) is 24.4 Å². The maximum atomic E-state index is 4.93. The van der Waals surface area contributed by atoms with Crippen LogP contribution >= 0.6 is 0 Å². The van der Waals surface area contributed by atoms with Crippen LogP contribution in [0.15, 0.2) is 54.7 Å². The topological polar surface area (TPSA) is 85.2 Å². The fraction of sp³-hybridized carbons (Fsp3) is 0.240. The van der Waals surface area contributed by atoms with Gasteiger partial charge in [-0.05, 0) is 64.1 Å². The Hall–Kier alpha value is -3.87. The van der Waals surface area contributed by atoms with Crippen molar-refractivity contribution in [1.29, 1.82) is 0 Å². The van der Waals surface area contributed by atoms with E-state index in [1.165, 1.54) is 22.3 Å². The van der Waals surface area contributed by atoms with Gasteiger partial charge in [-0.15, -0.1) is 5.10 Å². The van der Waals surface area contributed by atoms with Crippen LogP contribution in [0.3, 0.4) is 0 Å². The van der Waals surface area contributed by atoms with E-state index >= 15 is 0 Å². The third-order valence-corrected chi connectivity index (χ3v) is 6.51. The van der Waals surface area contributed by atoms with E-state index in [-0.39, 0.29) is 6.04 Å². The van der Waals surface area contributed by atoms with Crippen molar-refractivity contribution in [3.05, 3.63) is 77.2 Å². The van der Waals surface area contributed by atoms with E-state index in [1.54, 1.807) is 0 Å². The van der Waals surface area contributed by atoms with E-state index in [0.29, 0.717) is 5.82 Å². The second-order valence-electron chi connectivity index (χ2n) is 8.32. The average Bonchev–Trinajstić information content (AvgIpc) is 3.57. The number of imidazole rings is 1. The van der Waals surface area contributed by atoms with Gasteiger partial charge in [0.1, 0.15) is 11.3 Å². The highest BCUT2D eigenvalue weighted by molar-refractivity contribution is 5.81. The summed E-state index contributed by atoms with van der Waals surface area (Å²) in [4.78, 5) is 9.64. The number of rotatable bonds is 4. The van der Waals surface area contributed by atoms with Gasteiger partial charge in [-0.2, -0.15) is 0 Å². The van der Waals surface area contributed by atoms with Crippen LogP contribution in [0.1, 0.15) is 41.9 Å². The summed E-state index contributed by atoms with van der Waals surface area (Å²) in [6.45, 7) is 4.28. The molecule has 7 heteroatoms. The van der Waals surface area contributed by atoms with Crippen LogP contribution in [0.2, 0.25) is 0 Å². The number of nitrogens with one attached hydrogen (secondary N) is 1. The number of tetrazole rings is 1. The van der Waals surface area contributed by atoms with E-state index in [2.05, 4.69) is 69.4 Å². The first kappa shape index (κ1) is 18.9. The summed E-state index contributed by atoms with van der Waals surface area (Å²) < 4.78 is 2.36. The maximum Gasteiger partial charge on any atom is 0.180 e. The standard InChI is InChI=1S/C25H23N7/c1-3-22-27-23-15(2)12-13-26-25(23)32(22)21-11-9-17-14-16(8-10-19(17)21)18-6-4-5-7-20(18)24-28-30-31-29-24/h4-8,10,12-14,21H,3,9,11H2,1-2H3,(H,28,29,30,31). The molecule has 158 valence electrons. The normalized spacial score (nSPS) is 15.4. The molecular formula is C25H23N7. The number of aromatic amines is 1. The predicted octanol–water partition coefficient (Wildman–Crippen LogP) is 4.68. The van der Waals surface area contributed by atoms with Gasteiger partial charge in [0.25, 0.3) is 0 Å². The molecule has 0 spiro atoms. The Morgan fingerprint density at radius 1 is 1.09 bits per heavy atom. The first-order valence-electron chi connectivity index (χ1n) is 11.0. The molecule has 1 atom stereocenters. The molecular weight excluding hydrogens is 398 g/mol. The summed E-state index contributed by atoms with van der Waals surface area (Å²) in [7, 11) is 0. The molecule has 0 saturated carbocycles. The van der Waals surface area contributed by atoms with E-state index in [4.69, 9.17) is 9.97 Å². The molecule has 0 radical (unpaired) electrons. The van der Waals surface area contributed by atoms with E-state index in [0.717, 1.165) is 47.4 Å². The van der Waals surface area contributed by atoms with Gasteiger partial charge in [-0.25, -0.2) is 15.1 Å². The quantitative estimate of drug-likeness (QED) is 0.455. The molecule has 7 nitrogen and oxygen atoms in total. The van der Waals surface area contributed by atoms with Crippen LogP contribution in [-0.4, -0.2) is 35.2 Å². The van der Waals surface area contributed by atoms with Crippen LogP contribution in [0.5, 0.6) is 0 Å². The van der Waals surface area contributed by atoms with Crippen molar-refractivity contribution >= 4 is 11.2 Å². The molecule has 0 fully saturated rings. The summed E-state index contributed by atoms with van der Waals surface area (Å²) in [6, 6.07) is 17.3. The number of pyridine rings is 1. The number of fused-ring (bicyclic) bond motifs is 2. The Balaban J connectivity index is 1.45. The molecule has 6 rings (SSSR count). The minimum atomic E-state index is 0.266. The monoisotopic (exact) mass is 421 g/mol. The number of hydrogen-bond donors (Lipinski definition) is 1. The van der Waals surface area contributed by atoms with Gasteiger partial charge in [0, 0.05) is 18.2 Å². The van der Waals surface area contributed by atoms with Crippen molar-refractivity contribution in [2.45, 2.75) is 39.2 Å². The number of H-pyrrole nitrogens is 1. The van der Waals surface area contributed by atoms with Crippen molar-refractivity contribution in [3.8, 4) is 22.5 Å². The lowest BCUT2D eigenvalue weighted by molar-refractivity contribution is 0.567. The van der Waals surface area contributed by atoms with E-state index < -0.39 is 0 Å². The fourth-order valence-electron chi connectivity index (χ4n) is 4.98. The molecule has 1 N–H and O–H groups in total. The highest BCUT2D eigenvalue weighted by Gasteiger charge is 2.28. The molecule has 1 aliphatic rings. The Kier molecular flexibility index (Phi) is 4.35. The number of nitrogens with zero attached hydrogens (tertiary/aromatic N) is 6. The highest BCUT2D eigenvalue weighted by atomic mass is 15.5. The lowest BCUT2D eigenvalue weighted by atomic mass is 9.96. The third-order valence-electron chi connectivity index (χ3n) is 6.51. The molecule has 3 heterocycles. The summed E-state index contributed by atoms with van der Waals surface area (Å²) in [5.74, 6) is 1.78. The van der Waals surface area contributed by atoms with Crippen LogP contribution in [0, 0.1) is 6.92 Å². The van der Waals surface area contributed by atoms with Crippen molar-refractivity contribution < 1.29 is 0 Å². The fourth-order valence-corrected chi connectivity index (χ4v) is 4.98. The zero-order valence-electron chi connectivity index (χ0n) is 18.1. The zero-order valence-corrected chi connectivity index (χ0v) is 18.1. The number of hydrogen-bond acceptors (Lipinski definition) is 5. The van der Waals surface area contributed by atoms with E-state index in [9.17, 15) is 0 Å². The smallest absolute Gasteiger partial charge is 0.180 e. The second kappa shape index (κ2) is 7.37. The lowest BCUT2D eigenvalue weighted by Crippen LogP contribution is -2.11. The number of aromatic nitrogens is 7. The molecule has 0 saturated heterocycles. The van der Waals surface area contributed by atoms with Gasteiger partial charge in [0.15, 0.2) is 11.5 Å². The van der Waals surface area contributed by atoms with Crippen LogP contribution in [-0.2, 0) is 12.8 Å². The summed E-state index contributed by atoms with van der Waals surface area (Å²) in [6.07, 6.45) is 4.87. The first-order valence-corrected chi connectivity index (χ1v) is 11.0. The predicted molar refractivity (Wildman–Crippen MR) is 123 cm³/mol. The Bertz CT molecular complexity index is 1430. The summed E-state index contributed by atoms with van der Waals surface area (Å²) >= 11 is 0. The Morgan fingerprint density at radius 3 is 2.78 bits per heavy atom. The van der Waals surface area contributed by atoms with Gasteiger partial charge in [-0.1, -0.05) is 49.4 Å². The second-order valence-corrected chi connectivity index (χ2v) is 8.32. The molecule has 1 unspecified atom stereocenters. The van der Waals surface area contributed by atoms with Crippen molar-refractivity contribution in [2.75, 3.05) is 0 Å². The maximum absolute atomic E-state index is 4.93. The zero-order chi connectivity index (χ0) is 21.7. The van der Waals surface area contributed by atoms with Crippen LogP contribution < -0.4 is 0 Å². The molecule has 32 heavy (non-hydrogen) atoms. The molecule has 5 aromatic rings. The van der Waals surface area contributed by atoms with Crippen molar-refractivity contribution in [3.63, 3.8) is 0 Å². The summed E-state index contributed by atoms with van der Waals surface area (Å²) in [5, 5.41) is 14.5. The van der Waals surface area contributed by atoms with Gasteiger partial charge >= 0.3 is 0 Å².